The SMILES string of the molecule is COc1cccc(S(=O)(=O)NCC2CCOCC2)c1. The van der Waals surface area contributed by atoms with E-state index < -0.39 is 10.0 Å². The molecule has 1 aliphatic rings. The van der Waals surface area contributed by atoms with Gasteiger partial charge in [-0.3, -0.25) is 0 Å². The molecule has 2 rings (SSSR count). The molecule has 5 nitrogen and oxygen atoms in total. The summed E-state index contributed by atoms with van der Waals surface area (Å²) in [6.45, 7) is 1.89. The van der Waals surface area contributed by atoms with Gasteiger partial charge in [-0.05, 0) is 30.9 Å². The summed E-state index contributed by atoms with van der Waals surface area (Å²) in [5, 5.41) is 0. The van der Waals surface area contributed by atoms with Crippen LogP contribution in [0.25, 0.3) is 0 Å². The van der Waals surface area contributed by atoms with Crippen LogP contribution >= 0.6 is 0 Å². The lowest BCUT2D eigenvalue weighted by molar-refractivity contribution is 0.0678. The Bertz CT molecular complexity index is 509. The second-order valence-corrected chi connectivity index (χ2v) is 6.35. The number of rotatable bonds is 5. The summed E-state index contributed by atoms with van der Waals surface area (Å²) < 4.78 is 37.2. The van der Waals surface area contributed by atoms with Crippen molar-refractivity contribution in [2.24, 2.45) is 5.92 Å². The highest BCUT2D eigenvalue weighted by Crippen LogP contribution is 2.18. The van der Waals surface area contributed by atoms with E-state index in [-0.39, 0.29) is 4.90 Å². The van der Waals surface area contributed by atoms with Crippen LogP contribution in [-0.4, -0.2) is 35.3 Å². The third kappa shape index (κ3) is 3.92. The topological polar surface area (TPSA) is 64.6 Å². The normalized spacial score (nSPS) is 17.3. The molecule has 106 valence electrons. The Morgan fingerprint density at radius 3 is 2.79 bits per heavy atom. The molecule has 0 amide bonds. The third-order valence-corrected chi connectivity index (χ3v) is 4.68. The van der Waals surface area contributed by atoms with Crippen molar-refractivity contribution in [3.8, 4) is 5.75 Å². The summed E-state index contributed by atoms with van der Waals surface area (Å²) >= 11 is 0. The molecule has 0 spiro atoms. The van der Waals surface area contributed by atoms with Crippen molar-refractivity contribution in [1.29, 1.82) is 0 Å². The molecule has 1 aromatic rings. The van der Waals surface area contributed by atoms with Gasteiger partial charge in [-0.2, -0.15) is 0 Å². The van der Waals surface area contributed by atoms with E-state index in [1.165, 1.54) is 13.2 Å². The number of benzene rings is 1. The van der Waals surface area contributed by atoms with Crippen LogP contribution in [0.1, 0.15) is 12.8 Å². The number of hydrogen-bond acceptors (Lipinski definition) is 4. The second-order valence-electron chi connectivity index (χ2n) is 4.59. The van der Waals surface area contributed by atoms with E-state index in [9.17, 15) is 8.42 Å². The minimum absolute atomic E-state index is 0.235. The molecule has 1 aromatic carbocycles. The minimum atomic E-state index is -3.46. The molecule has 0 radical (unpaired) electrons. The zero-order chi connectivity index (χ0) is 13.7. The predicted molar refractivity (Wildman–Crippen MR) is 71.7 cm³/mol. The molecule has 19 heavy (non-hydrogen) atoms. The predicted octanol–water partition coefficient (Wildman–Crippen LogP) is 1.40. The van der Waals surface area contributed by atoms with Crippen molar-refractivity contribution in [1.82, 2.24) is 4.72 Å². The van der Waals surface area contributed by atoms with E-state index in [1.54, 1.807) is 18.2 Å². The minimum Gasteiger partial charge on any atom is -0.497 e. The Hall–Kier alpha value is -1.11. The molecule has 0 atom stereocenters. The van der Waals surface area contributed by atoms with Crippen LogP contribution in [0.3, 0.4) is 0 Å². The van der Waals surface area contributed by atoms with Crippen LogP contribution in [0.4, 0.5) is 0 Å². The van der Waals surface area contributed by atoms with Gasteiger partial charge in [0.25, 0.3) is 0 Å². The molecule has 1 N–H and O–H groups in total. The summed E-state index contributed by atoms with van der Waals surface area (Å²) in [6.07, 6.45) is 1.81. The first-order valence-corrected chi connectivity index (χ1v) is 7.81. The van der Waals surface area contributed by atoms with Crippen molar-refractivity contribution in [3.63, 3.8) is 0 Å². The Balaban J connectivity index is 2.00. The van der Waals surface area contributed by atoms with Crippen LogP contribution in [0.2, 0.25) is 0 Å². The number of hydrogen-bond donors (Lipinski definition) is 1. The summed E-state index contributed by atoms with van der Waals surface area (Å²) in [7, 11) is -1.95. The van der Waals surface area contributed by atoms with Crippen molar-refractivity contribution < 1.29 is 17.9 Å². The molecule has 0 aromatic heterocycles. The average molecular weight is 285 g/mol. The van der Waals surface area contributed by atoms with Crippen molar-refractivity contribution >= 4 is 10.0 Å². The molecule has 1 heterocycles. The number of methoxy groups -OCH3 is 1. The molecule has 1 aliphatic heterocycles. The lowest BCUT2D eigenvalue weighted by Gasteiger charge is -2.22. The molecule has 1 saturated heterocycles. The smallest absolute Gasteiger partial charge is 0.240 e. The maximum Gasteiger partial charge on any atom is 0.240 e. The second kappa shape index (κ2) is 6.36. The Morgan fingerprint density at radius 1 is 1.37 bits per heavy atom. The van der Waals surface area contributed by atoms with Crippen LogP contribution in [0.5, 0.6) is 5.75 Å². The van der Waals surface area contributed by atoms with Gasteiger partial charge in [0.1, 0.15) is 5.75 Å². The number of sulfonamides is 1. The van der Waals surface area contributed by atoms with Crippen LogP contribution < -0.4 is 9.46 Å². The van der Waals surface area contributed by atoms with Gasteiger partial charge in [-0.15, -0.1) is 0 Å². The van der Waals surface area contributed by atoms with Gasteiger partial charge in [0.05, 0.1) is 12.0 Å². The van der Waals surface area contributed by atoms with Crippen molar-refractivity contribution in [2.45, 2.75) is 17.7 Å². The zero-order valence-electron chi connectivity index (χ0n) is 11.0. The van der Waals surface area contributed by atoms with Gasteiger partial charge in [-0.1, -0.05) is 6.07 Å². The van der Waals surface area contributed by atoms with Gasteiger partial charge in [0.2, 0.25) is 10.0 Å². The van der Waals surface area contributed by atoms with Crippen molar-refractivity contribution in [2.75, 3.05) is 26.9 Å². The Kier molecular flexibility index (Phi) is 4.79. The van der Waals surface area contributed by atoms with E-state index in [1.807, 2.05) is 0 Å². The van der Waals surface area contributed by atoms with Crippen LogP contribution in [0.15, 0.2) is 29.2 Å². The Morgan fingerprint density at radius 2 is 2.11 bits per heavy atom. The van der Waals surface area contributed by atoms with Crippen molar-refractivity contribution in [3.05, 3.63) is 24.3 Å². The van der Waals surface area contributed by atoms with E-state index in [0.717, 1.165) is 12.8 Å². The van der Waals surface area contributed by atoms with E-state index >= 15 is 0 Å². The van der Waals surface area contributed by atoms with Gasteiger partial charge in [0.15, 0.2) is 0 Å². The molecule has 0 saturated carbocycles. The summed E-state index contributed by atoms with van der Waals surface area (Å²) in [4.78, 5) is 0.235. The molecular formula is C13H19NO4S. The molecule has 0 aliphatic carbocycles. The molecule has 6 heteroatoms. The summed E-state index contributed by atoms with van der Waals surface area (Å²) in [5.41, 5.74) is 0. The standard InChI is InChI=1S/C13H19NO4S/c1-17-12-3-2-4-13(9-12)19(15,16)14-10-11-5-7-18-8-6-11/h2-4,9,11,14H,5-8,10H2,1H3. The average Bonchev–Trinajstić information content (AvgIpc) is 2.46. The zero-order valence-corrected chi connectivity index (χ0v) is 11.8. The first-order chi connectivity index (χ1) is 9.12. The highest BCUT2D eigenvalue weighted by atomic mass is 32.2. The lowest BCUT2D eigenvalue weighted by Crippen LogP contribution is -2.32. The number of nitrogens with one attached hydrogen (secondary N) is 1. The van der Waals surface area contributed by atoms with E-state index in [4.69, 9.17) is 9.47 Å². The fourth-order valence-electron chi connectivity index (χ4n) is 2.03. The van der Waals surface area contributed by atoms with Gasteiger partial charge in [-0.25, -0.2) is 13.1 Å². The molecule has 1 fully saturated rings. The third-order valence-electron chi connectivity index (χ3n) is 3.25. The largest absolute Gasteiger partial charge is 0.497 e. The van der Waals surface area contributed by atoms with Gasteiger partial charge < -0.3 is 9.47 Å². The van der Waals surface area contributed by atoms with Gasteiger partial charge in [0, 0.05) is 25.8 Å². The molecular weight excluding hydrogens is 266 g/mol. The van der Waals surface area contributed by atoms with Crippen LogP contribution in [-0.2, 0) is 14.8 Å². The molecule has 0 unspecified atom stereocenters. The quantitative estimate of drug-likeness (QED) is 0.888. The van der Waals surface area contributed by atoms with E-state index in [2.05, 4.69) is 4.72 Å². The van der Waals surface area contributed by atoms with Gasteiger partial charge >= 0.3 is 0 Å². The highest BCUT2D eigenvalue weighted by Gasteiger charge is 2.19. The monoisotopic (exact) mass is 285 g/mol. The first-order valence-electron chi connectivity index (χ1n) is 6.33. The lowest BCUT2D eigenvalue weighted by atomic mass is 10.0. The summed E-state index contributed by atoms with van der Waals surface area (Å²) in [6, 6.07) is 6.47. The van der Waals surface area contributed by atoms with Crippen LogP contribution in [0, 0.1) is 5.92 Å². The first kappa shape index (κ1) is 14.3. The fourth-order valence-corrected chi connectivity index (χ4v) is 3.18. The van der Waals surface area contributed by atoms with E-state index in [0.29, 0.717) is 31.4 Å². The fraction of sp³-hybridized carbons (Fsp3) is 0.538. The maximum absolute atomic E-state index is 12.1. The Labute approximate surface area is 114 Å². The molecule has 0 bridgehead atoms. The maximum atomic E-state index is 12.1. The number of ether oxygens (including phenoxy) is 2. The highest BCUT2D eigenvalue weighted by molar-refractivity contribution is 7.89. The summed E-state index contributed by atoms with van der Waals surface area (Å²) in [5.74, 6) is 0.892.